The molecule has 0 bridgehead atoms. The van der Waals surface area contributed by atoms with Gasteiger partial charge in [-0.25, -0.2) is 0 Å². The fourth-order valence-corrected chi connectivity index (χ4v) is 3.69. The van der Waals surface area contributed by atoms with Gasteiger partial charge in [0, 0.05) is 5.92 Å². The second-order valence-electron chi connectivity index (χ2n) is 6.86. The molecule has 0 amide bonds. The Balaban J connectivity index is 2.34. The maximum Gasteiger partial charge on any atom is 0.0779 e. The van der Waals surface area contributed by atoms with Crippen LogP contribution in [0.5, 0.6) is 0 Å². The van der Waals surface area contributed by atoms with Crippen molar-refractivity contribution < 1.29 is 10.2 Å². The largest absolute Gasteiger partial charge is 0.390 e. The van der Waals surface area contributed by atoms with Crippen LogP contribution in [0.15, 0.2) is 11.6 Å². The molecule has 2 nitrogen and oxygen atoms in total. The number of rotatable bonds is 1. The monoisotopic (exact) mass is 238 g/mol. The van der Waals surface area contributed by atoms with E-state index in [4.69, 9.17) is 0 Å². The lowest BCUT2D eigenvalue weighted by atomic mass is 9.56. The minimum atomic E-state index is -0.804. The van der Waals surface area contributed by atoms with E-state index in [9.17, 15) is 10.2 Å². The lowest BCUT2D eigenvalue weighted by Gasteiger charge is -2.50. The third kappa shape index (κ3) is 2.17. The number of fused-ring (bicyclic) bond motifs is 1. The molecule has 0 heterocycles. The van der Waals surface area contributed by atoms with Crippen LogP contribution in [-0.2, 0) is 0 Å². The molecule has 0 aliphatic heterocycles. The molecule has 1 fully saturated rings. The van der Waals surface area contributed by atoms with Gasteiger partial charge in [-0.2, -0.15) is 0 Å². The Morgan fingerprint density at radius 1 is 1.41 bits per heavy atom. The van der Waals surface area contributed by atoms with Gasteiger partial charge in [0.1, 0.15) is 0 Å². The van der Waals surface area contributed by atoms with Crippen LogP contribution in [0.1, 0.15) is 53.4 Å². The first-order valence-corrected chi connectivity index (χ1v) is 6.87. The molecular formula is C15H26O2. The summed E-state index contributed by atoms with van der Waals surface area (Å²) in [6.07, 6.45) is 6.08. The number of hydrogen-bond acceptors (Lipinski definition) is 2. The zero-order chi connectivity index (χ0) is 12.8. The average molecular weight is 238 g/mol. The van der Waals surface area contributed by atoms with Crippen LogP contribution in [-0.4, -0.2) is 21.9 Å². The van der Waals surface area contributed by atoms with E-state index >= 15 is 0 Å². The summed E-state index contributed by atoms with van der Waals surface area (Å²) in [6.45, 7) is 8.26. The zero-order valence-corrected chi connectivity index (χ0v) is 11.5. The van der Waals surface area contributed by atoms with E-state index in [0.717, 1.165) is 12.8 Å². The summed E-state index contributed by atoms with van der Waals surface area (Å²) in [5.74, 6) is 0.608. The molecule has 0 radical (unpaired) electrons. The molecule has 2 N–H and O–H groups in total. The van der Waals surface area contributed by atoms with E-state index in [1.807, 2.05) is 19.9 Å². The summed E-state index contributed by atoms with van der Waals surface area (Å²) in [5, 5.41) is 20.4. The molecule has 17 heavy (non-hydrogen) atoms. The molecule has 0 aromatic heterocycles. The highest BCUT2D eigenvalue weighted by Gasteiger charge is 2.47. The van der Waals surface area contributed by atoms with Gasteiger partial charge in [0.15, 0.2) is 0 Å². The highest BCUT2D eigenvalue weighted by atomic mass is 16.3. The molecule has 0 aromatic carbocycles. The van der Waals surface area contributed by atoms with Gasteiger partial charge in [0.2, 0.25) is 0 Å². The highest BCUT2D eigenvalue weighted by Crippen LogP contribution is 2.53. The average Bonchev–Trinajstić information content (AvgIpc) is 2.19. The molecular weight excluding hydrogens is 212 g/mol. The Labute approximate surface area is 105 Å². The van der Waals surface area contributed by atoms with E-state index < -0.39 is 11.7 Å². The third-order valence-electron chi connectivity index (χ3n) is 5.24. The van der Waals surface area contributed by atoms with E-state index in [2.05, 4.69) is 13.8 Å². The first-order chi connectivity index (χ1) is 7.75. The first kappa shape index (κ1) is 13.1. The number of aliphatic hydroxyl groups excluding tert-OH is 1. The Morgan fingerprint density at radius 3 is 2.65 bits per heavy atom. The molecule has 0 aromatic rings. The van der Waals surface area contributed by atoms with Crippen molar-refractivity contribution in [1.82, 2.24) is 0 Å². The fraction of sp³-hybridized carbons (Fsp3) is 0.867. The molecule has 2 aliphatic carbocycles. The van der Waals surface area contributed by atoms with Crippen molar-refractivity contribution >= 4 is 0 Å². The summed E-state index contributed by atoms with van der Waals surface area (Å²) in [6, 6.07) is 0. The maximum absolute atomic E-state index is 10.2. The molecule has 0 spiro atoms. The van der Waals surface area contributed by atoms with Crippen molar-refractivity contribution in [1.29, 1.82) is 0 Å². The van der Waals surface area contributed by atoms with Gasteiger partial charge in [-0.3, -0.25) is 0 Å². The lowest BCUT2D eigenvalue weighted by molar-refractivity contribution is -0.0640. The Kier molecular flexibility index (Phi) is 3.16. The van der Waals surface area contributed by atoms with Gasteiger partial charge in [0.05, 0.1) is 11.7 Å². The van der Waals surface area contributed by atoms with Gasteiger partial charge in [-0.15, -0.1) is 0 Å². The van der Waals surface area contributed by atoms with Gasteiger partial charge in [0.25, 0.3) is 0 Å². The molecule has 2 aliphatic rings. The smallest absolute Gasteiger partial charge is 0.0779 e. The minimum Gasteiger partial charge on any atom is -0.390 e. The standard InChI is InChI=1S/C15H26O2/c1-10-6-5-7-11-8-13(16)12(14(2,3)17)9-15(10,11)4/h8,10,12-13,16-17H,5-7,9H2,1-4H3/t10-,12+,13+,15-/m0/s1. The third-order valence-corrected chi connectivity index (χ3v) is 5.24. The zero-order valence-electron chi connectivity index (χ0n) is 11.5. The number of hydrogen-bond donors (Lipinski definition) is 2. The van der Waals surface area contributed by atoms with Crippen LogP contribution in [0.4, 0.5) is 0 Å². The summed E-state index contributed by atoms with van der Waals surface area (Å²) in [7, 11) is 0. The molecule has 0 saturated heterocycles. The second-order valence-corrected chi connectivity index (χ2v) is 6.86. The van der Waals surface area contributed by atoms with Crippen molar-refractivity contribution in [2.24, 2.45) is 17.3 Å². The van der Waals surface area contributed by atoms with Crippen molar-refractivity contribution in [3.8, 4) is 0 Å². The summed E-state index contributed by atoms with van der Waals surface area (Å²) in [4.78, 5) is 0. The van der Waals surface area contributed by atoms with Gasteiger partial charge < -0.3 is 10.2 Å². The van der Waals surface area contributed by atoms with Crippen molar-refractivity contribution in [3.63, 3.8) is 0 Å². The maximum atomic E-state index is 10.2. The normalized spacial score (nSPS) is 42.9. The van der Waals surface area contributed by atoms with Crippen molar-refractivity contribution in [2.75, 3.05) is 0 Å². The molecule has 2 heteroatoms. The molecule has 4 atom stereocenters. The highest BCUT2D eigenvalue weighted by molar-refractivity contribution is 5.24. The SMILES string of the molecule is C[C@H]1CCCC2=C[C@@H](O)[C@H](C(C)(C)O)C[C@]21C. The van der Waals surface area contributed by atoms with Crippen molar-refractivity contribution in [3.05, 3.63) is 11.6 Å². The first-order valence-electron chi connectivity index (χ1n) is 6.87. The van der Waals surface area contributed by atoms with Crippen LogP contribution in [0, 0.1) is 17.3 Å². The Morgan fingerprint density at radius 2 is 2.06 bits per heavy atom. The van der Waals surface area contributed by atoms with E-state index in [1.54, 1.807) is 0 Å². The van der Waals surface area contributed by atoms with Gasteiger partial charge >= 0.3 is 0 Å². The van der Waals surface area contributed by atoms with Crippen LogP contribution in [0.25, 0.3) is 0 Å². The molecule has 98 valence electrons. The van der Waals surface area contributed by atoms with Crippen LogP contribution < -0.4 is 0 Å². The van der Waals surface area contributed by atoms with Crippen LogP contribution in [0.3, 0.4) is 0 Å². The second kappa shape index (κ2) is 4.10. The lowest BCUT2D eigenvalue weighted by Crippen LogP contribution is -2.48. The van der Waals surface area contributed by atoms with Crippen LogP contribution in [0.2, 0.25) is 0 Å². The predicted molar refractivity (Wildman–Crippen MR) is 69.6 cm³/mol. The molecule has 0 unspecified atom stereocenters. The minimum absolute atomic E-state index is 0.0446. The number of allylic oxidation sites excluding steroid dienone is 1. The van der Waals surface area contributed by atoms with Crippen LogP contribution >= 0.6 is 0 Å². The summed E-state index contributed by atoms with van der Waals surface area (Å²) in [5.41, 5.74) is 0.799. The molecule has 1 saturated carbocycles. The summed E-state index contributed by atoms with van der Waals surface area (Å²) >= 11 is 0. The molecule has 2 rings (SSSR count). The predicted octanol–water partition coefficient (Wildman–Crippen LogP) is 2.89. The van der Waals surface area contributed by atoms with E-state index in [0.29, 0.717) is 5.92 Å². The topological polar surface area (TPSA) is 40.5 Å². The quantitative estimate of drug-likeness (QED) is 0.690. The Bertz CT molecular complexity index is 326. The van der Waals surface area contributed by atoms with E-state index in [1.165, 1.54) is 18.4 Å². The van der Waals surface area contributed by atoms with Crippen molar-refractivity contribution in [2.45, 2.75) is 65.1 Å². The van der Waals surface area contributed by atoms with E-state index in [-0.39, 0.29) is 11.3 Å². The fourth-order valence-electron chi connectivity index (χ4n) is 3.69. The Hall–Kier alpha value is -0.340. The van der Waals surface area contributed by atoms with Gasteiger partial charge in [-0.1, -0.05) is 25.5 Å². The summed E-state index contributed by atoms with van der Waals surface area (Å²) < 4.78 is 0. The van der Waals surface area contributed by atoms with Gasteiger partial charge in [-0.05, 0) is 50.9 Å². The number of aliphatic hydroxyl groups is 2.